The van der Waals surface area contributed by atoms with Gasteiger partial charge in [0.2, 0.25) is 0 Å². The number of rotatable bonds is 5. The van der Waals surface area contributed by atoms with Crippen molar-refractivity contribution in [2.45, 2.75) is 25.9 Å². The molecule has 0 radical (unpaired) electrons. The molecule has 0 spiro atoms. The van der Waals surface area contributed by atoms with Gasteiger partial charge in [-0.2, -0.15) is 0 Å². The highest BCUT2D eigenvalue weighted by Gasteiger charge is 2.38. The quantitative estimate of drug-likeness (QED) is 0.291. The number of nitro groups is 1. The van der Waals surface area contributed by atoms with Crippen molar-refractivity contribution in [1.29, 1.82) is 0 Å². The third-order valence-corrected chi connectivity index (χ3v) is 4.55. The maximum atomic E-state index is 12.0. The summed E-state index contributed by atoms with van der Waals surface area (Å²) >= 11 is 0. The van der Waals surface area contributed by atoms with E-state index in [9.17, 15) is 20.0 Å². The summed E-state index contributed by atoms with van der Waals surface area (Å²) in [7, 11) is 0. The molecular formula is C17H21NO6. The van der Waals surface area contributed by atoms with Gasteiger partial charge in [-0.25, -0.2) is 4.79 Å². The largest absolute Gasteiger partial charge is 0.514 e. The lowest BCUT2D eigenvalue weighted by Gasteiger charge is -2.38. The van der Waals surface area contributed by atoms with Gasteiger partial charge in [0.25, 0.3) is 5.69 Å². The standard InChI is InChI=1S/C17H21NO6/c1-3-12-4-5-13(10-19)16(11(12)2)24-17(20)23-15-8-6-14(7-9-15)18(21)22/h3,6-9,11-13,16,19H,1,4-5,10H2,2H3. The summed E-state index contributed by atoms with van der Waals surface area (Å²) in [5.41, 5.74) is -0.0919. The van der Waals surface area contributed by atoms with Gasteiger partial charge in [0.15, 0.2) is 0 Å². The van der Waals surface area contributed by atoms with Crippen LogP contribution in [-0.2, 0) is 4.74 Å². The van der Waals surface area contributed by atoms with Crippen LogP contribution in [0.3, 0.4) is 0 Å². The maximum Gasteiger partial charge on any atom is 0.514 e. The molecule has 0 saturated heterocycles. The van der Waals surface area contributed by atoms with Gasteiger partial charge in [0.1, 0.15) is 11.9 Å². The number of ether oxygens (including phenoxy) is 2. The van der Waals surface area contributed by atoms with Crippen LogP contribution in [0.1, 0.15) is 19.8 Å². The van der Waals surface area contributed by atoms with Crippen LogP contribution >= 0.6 is 0 Å². The topological polar surface area (TPSA) is 98.9 Å². The third kappa shape index (κ3) is 4.11. The molecule has 0 bridgehead atoms. The lowest BCUT2D eigenvalue weighted by Crippen LogP contribution is -2.42. The number of nitrogens with zero attached hydrogens (tertiary/aromatic N) is 1. The minimum Gasteiger partial charge on any atom is -0.430 e. The molecule has 0 aliphatic heterocycles. The third-order valence-electron chi connectivity index (χ3n) is 4.55. The van der Waals surface area contributed by atoms with Gasteiger partial charge in [0, 0.05) is 24.7 Å². The number of non-ortho nitro benzene ring substituents is 1. The monoisotopic (exact) mass is 335 g/mol. The molecule has 1 aliphatic carbocycles. The highest BCUT2D eigenvalue weighted by Crippen LogP contribution is 2.36. The molecule has 1 saturated carbocycles. The summed E-state index contributed by atoms with van der Waals surface area (Å²) < 4.78 is 10.5. The van der Waals surface area contributed by atoms with Crippen molar-refractivity contribution in [3.05, 3.63) is 47.0 Å². The second-order valence-corrected chi connectivity index (χ2v) is 5.96. The second-order valence-electron chi connectivity index (χ2n) is 5.96. The van der Waals surface area contributed by atoms with Gasteiger partial charge in [-0.15, -0.1) is 6.58 Å². The summed E-state index contributed by atoms with van der Waals surface area (Å²) in [6.07, 6.45) is 2.14. The molecule has 7 nitrogen and oxygen atoms in total. The first-order chi connectivity index (χ1) is 11.5. The number of aliphatic hydroxyl groups excluding tert-OH is 1. The van der Waals surface area contributed by atoms with Crippen LogP contribution in [0.2, 0.25) is 0 Å². The molecular weight excluding hydrogens is 314 g/mol. The fourth-order valence-corrected chi connectivity index (χ4v) is 3.11. The Balaban J connectivity index is 2.01. The highest BCUT2D eigenvalue weighted by molar-refractivity contribution is 5.64. The predicted molar refractivity (Wildman–Crippen MR) is 86.7 cm³/mol. The number of carbonyl (C=O) groups is 1. The predicted octanol–water partition coefficient (Wildman–Crippen LogP) is 3.32. The average molecular weight is 335 g/mol. The molecule has 1 aromatic carbocycles. The van der Waals surface area contributed by atoms with Gasteiger partial charge in [-0.05, 0) is 36.8 Å². The van der Waals surface area contributed by atoms with E-state index in [1.807, 2.05) is 13.0 Å². The van der Waals surface area contributed by atoms with Crippen LogP contribution in [0.15, 0.2) is 36.9 Å². The first-order valence-electron chi connectivity index (χ1n) is 7.82. The van der Waals surface area contributed by atoms with E-state index >= 15 is 0 Å². The number of carbonyl (C=O) groups excluding carboxylic acids is 1. The molecule has 7 heteroatoms. The van der Waals surface area contributed by atoms with Crippen molar-refractivity contribution in [1.82, 2.24) is 0 Å². The van der Waals surface area contributed by atoms with Crippen molar-refractivity contribution in [3.8, 4) is 5.75 Å². The molecule has 24 heavy (non-hydrogen) atoms. The van der Waals surface area contributed by atoms with E-state index < -0.39 is 17.2 Å². The number of allylic oxidation sites excluding steroid dienone is 1. The van der Waals surface area contributed by atoms with Crippen LogP contribution in [0, 0.1) is 27.9 Å². The van der Waals surface area contributed by atoms with Gasteiger partial charge < -0.3 is 14.6 Å². The summed E-state index contributed by atoms with van der Waals surface area (Å²) in [6, 6.07) is 5.16. The van der Waals surface area contributed by atoms with Gasteiger partial charge >= 0.3 is 6.16 Å². The average Bonchev–Trinajstić information content (AvgIpc) is 2.57. The zero-order chi connectivity index (χ0) is 17.7. The van der Waals surface area contributed by atoms with Crippen LogP contribution in [-0.4, -0.2) is 28.9 Å². The van der Waals surface area contributed by atoms with E-state index in [1.165, 1.54) is 24.3 Å². The zero-order valence-electron chi connectivity index (χ0n) is 13.5. The second kappa shape index (κ2) is 7.92. The minimum absolute atomic E-state index is 0.0258. The molecule has 1 aliphatic rings. The van der Waals surface area contributed by atoms with Crippen LogP contribution in [0.5, 0.6) is 5.75 Å². The SMILES string of the molecule is C=CC1CCC(CO)C(OC(=O)Oc2ccc([N+](=O)[O-])cc2)C1C. The van der Waals surface area contributed by atoms with Crippen molar-refractivity contribution in [2.24, 2.45) is 17.8 Å². The van der Waals surface area contributed by atoms with E-state index in [1.54, 1.807) is 0 Å². The number of benzene rings is 1. The zero-order valence-corrected chi connectivity index (χ0v) is 13.5. The van der Waals surface area contributed by atoms with E-state index in [-0.39, 0.29) is 35.8 Å². The summed E-state index contributed by atoms with van der Waals surface area (Å²) in [5, 5.41) is 20.1. The first kappa shape index (κ1) is 17.9. The molecule has 0 heterocycles. The molecule has 2 rings (SSSR count). The van der Waals surface area contributed by atoms with E-state index in [4.69, 9.17) is 9.47 Å². The molecule has 1 aromatic rings. The summed E-state index contributed by atoms with van der Waals surface area (Å²) in [4.78, 5) is 22.1. The molecule has 1 N–H and O–H groups in total. The van der Waals surface area contributed by atoms with Crippen LogP contribution in [0.25, 0.3) is 0 Å². The Bertz CT molecular complexity index is 600. The summed E-state index contributed by atoms with van der Waals surface area (Å²) in [6.45, 7) is 5.69. The fraction of sp³-hybridized carbons (Fsp3) is 0.471. The lowest BCUT2D eigenvalue weighted by molar-refractivity contribution is -0.384. The minimum atomic E-state index is -0.885. The molecule has 1 fully saturated rings. The highest BCUT2D eigenvalue weighted by atomic mass is 16.7. The molecule has 4 unspecified atom stereocenters. The summed E-state index contributed by atoms with van der Waals surface area (Å²) in [5.74, 6) is 0.262. The van der Waals surface area contributed by atoms with Crippen molar-refractivity contribution >= 4 is 11.8 Å². The first-order valence-corrected chi connectivity index (χ1v) is 7.82. The Labute approximate surface area is 140 Å². The Morgan fingerprint density at radius 1 is 1.42 bits per heavy atom. The molecule has 0 amide bonds. The van der Waals surface area contributed by atoms with Crippen LogP contribution in [0.4, 0.5) is 10.5 Å². The molecule has 0 aromatic heterocycles. The lowest BCUT2D eigenvalue weighted by atomic mass is 9.73. The Kier molecular flexibility index (Phi) is 5.92. The van der Waals surface area contributed by atoms with Gasteiger partial charge in [-0.1, -0.05) is 13.0 Å². The molecule has 130 valence electrons. The van der Waals surface area contributed by atoms with E-state index in [0.29, 0.717) is 0 Å². The van der Waals surface area contributed by atoms with Crippen molar-refractivity contribution < 1.29 is 24.3 Å². The number of nitro benzene ring substituents is 1. The van der Waals surface area contributed by atoms with Crippen molar-refractivity contribution in [2.75, 3.05) is 6.61 Å². The maximum absolute atomic E-state index is 12.0. The normalized spacial score (nSPS) is 26.4. The van der Waals surface area contributed by atoms with Crippen molar-refractivity contribution in [3.63, 3.8) is 0 Å². The van der Waals surface area contributed by atoms with Gasteiger partial charge in [0.05, 0.1) is 4.92 Å². The number of hydrogen-bond donors (Lipinski definition) is 1. The van der Waals surface area contributed by atoms with Crippen LogP contribution < -0.4 is 4.74 Å². The number of hydrogen-bond acceptors (Lipinski definition) is 6. The van der Waals surface area contributed by atoms with E-state index in [2.05, 4.69) is 6.58 Å². The molecule has 4 atom stereocenters. The Hall–Kier alpha value is -2.41. The van der Waals surface area contributed by atoms with Gasteiger partial charge in [-0.3, -0.25) is 10.1 Å². The smallest absolute Gasteiger partial charge is 0.430 e. The Morgan fingerprint density at radius 2 is 2.08 bits per heavy atom. The van der Waals surface area contributed by atoms with E-state index in [0.717, 1.165) is 12.8 Å². The Morgan fingerprint density at radius 3 is 2.62 bits per heavy atom. The number of aliphatic hydroxyl groups is 1. The fourth-order valence-electron chi connectivity index (χ4n) is 3.11.